The fourth-order valence-corrected chi connectivity index (χ4v) is 3.44. The average molecular weight is 458 g/mol. The van der Waals surface area contributed by atoms with Crippen molar-refractivity contribution in [1.29, 1.82) is 0 Å². The normalized spacial score (nSPS) is 16.1. The SMILES string of the molecule is C=CCOc1c(I)cc(/C=C2/C(=O)N(CC)C(=S)N2C)cc1OC. The number of hydrogen-bond acceptors (Lipinski definition) is 4. The molecule has 1 aromatic carbocycles. The van der Waals surface area contributed by atoms with E-state index < -0.39 is 0 Å². The maximum absolute atomic E-state index is 12.5. The van der Waals surface area contributed by atoms with Gasteiger partial charge in [-0.3, -0.25) is 9.69 Å². The summed E-state index contributed by atoms with van der Waals surface area (Å²) in [5.41, 5.74) is 1.39. The topological polar surface area (TPSA) is 42.0 Å². The van der Waals surface area contributed by atoms with Crippen molar-refractivity contribution >= 4 is 51.9 Å². The van der Waals surface area contributed by atoms with Crippen LogP contribution in [0.3, 0.4) is 0 Å². The van der Waals surface area contributed by atoms with Gasteiger partial charge in [-0.15, -0.1) is 0 Å². The van der Waals surface area contributed by atoms with Crippen molar-refractivity contribution in [2.24, 2.45) is 0 Å². The number of ether oxygens (including phenoxy) is 2. The van der Waals surface area contributed by atoms with E-state index >= 15 is 0 Å². The van der Waals surface area contributed by atoms with Crippen LogP contribution in [-0.2, 0) is 4.79 Å². The number of nitrogens with zero attached hydrogens (tertiary/aromatic N) is 2. The fourth-order valence-electron chi connectivity index (χ4n) is 2.35. The molecule has 1 aliphatic rings. The number of hydrogen-bond donors (Lipinski definition) is 0. The van der Waals surface area contributed by atoms with E-state index in [2.05, 4.69) is 29.2 Å². The van der Waals surface area contributed by atoms with Crippen LogP contribution in [-0.4, -0.2) is 48.1 Å². The summed E-state index contributed by atoms with van der Waals surface area (Å²) in [5.74, 6) is 1.18. The van der Waals surface area contributed by atoms with Crippen LogP contribution in [0.4, 0.5) is 0 Å². The number of methoxy groups -OCH3 is 1. The molecule has 0 atom stereocenters. The molecule has 7 heteroatoms. The zero-order chi connectivity index (χ0) is 17.9. The maximum atomic E-state index is 12.5. The molecule has 1 heterocycles. The first kappa shape index (κ1) is 18.7. The Morgan fingerprint density at radius 3 is 2.67 bits per heavy atom. The van der Waals surface area contributed by atoms with E-state index in [9.17, 15) is 4.79 Å². The summed E-state index contributed by atoms with van der Waals surface area (Å²) in [6.45, 7) is 6.50. The van der Waals surface area contributed by atoms with E-state index in [1.165, 1.54) is 0 Å². The lowest BCUT2D eigenvalue weighted by Gasteiger charge is -2.14. The Hall–Kier alpha value is -1.61. The van der Waals surface area contributed by atoms with E-state index in [4.69, 9.17) is 21.7 Å². The lowest BCUT2D eigenvalue weighted by Crippen LogP contribution is -2.30. The first-order valence-electron chi connectivity index (χ1n) is 7.37. The molecular formula is C17H19IN2O3S. The Morgan fingerprint density at radius 2 is 2.12 bits per heavy atom. The molecule has 0 spiro atoms. The molecule has 24 heavy (non-hydrogen) atoms. The Balaban J connectivity index is 2.43. The van der Waals surface area contributed by atoms with Crippen LogP contribution in [0.5, 0.6) is 11.5 Å². The first-order chi connectivity index (χ1) is 11.4. The molecule has 0 bridgehead atoms. The molecule has 5 nitrogen and oxygen atoms in total. The molecule has 0 aliphatic carbocycles. The van der Waals surface area contributed by atoms with Gasteiger partial charge in [-0.25, -0.2) is 0 Å². The molecule has 0 unspecified atom stereocenters. The van der Waals surface area contributed by atoms with E-state index in [0.29, 0.717) is 35.5 Å². The summed E-state index contributed by atoms with van der Waals surface area (Å²) in [7, 11) is 3.38. The fraction of sp³-hybridized carbons (Fsp3) is 0.294. The molecular weight excluding hydrogens is 439 g/mol. The van der Waals surface area contributed by atoms with Gasteiger partial charge >= 0.3 is 0 Å². The minimum atomic E-state index is -0.0917. The Labute approximate surface area is 161 Å². The number of amides is 1. The highest BCUT2D eigenvalue weighted by atomic mass is 127. The van der Waals surface area contributed by atoms with Crippen molar-refractivity contribution in [1.82, 2.24) is 9.80 Å². The second-order valence-electron chi connectivity index (χ2n) is 5.05. The highest BCUT2D eigenvalue weighted by Crippen LogP contribution is 2.35. The maximum Gasteiger partial charge on any atom is 0.276 e. The van der Waals surface area contributed by atoms with Crippen LogP contribution in [0.25, 0.3) is 6.08 Å². The van der Waals surface area contributed by atoms with E-state index in [0.717, 1.165) is 9.13 Å². The van der Waals surface area contributed by atoms with Crippen LogP contribution >= 0.6 is 34.8 Å². The van der Waals surface area contributed by atoms with E-state index in [1.807, 2.05) is 25.1 Å². The Kier molecular flexibility index (Phi) is 6.22. The summed E-state index contributed by atoms with van der Waals surface area (Å²) in [5, 5.41) is 0.515. The van der Waals surface area contributed by atoms with Crippen LogP contribution in [0.2, 0.25) is 0 Å². The van der Waals surface area contributed by atoms with Crippen LogP contribution in [0.15, 0.2) is 30.5 Å². The van der Waals surface area contributed by atoms with Gasteiger partial charge in [0, 0.05) is 13.6 Å². The van der Waals surface area contributed by atoms with Crippen LogP contribution in [0.1, 0.15) is 12.5 Å². The Bertz CT molecular complexity index is 718. The Morgan fingerprint density at radius 1 is 1.42 bits per heavy atom. The molecule has 1 saturated heterocycles. The highest BCUT2D eigenvalue weighted by Gasteiger charge is 2.34. The third kappa shape index (κ3) is 3.56. The van der Waals surface area contributed by atoms with Crippen molar-refractivity contribution in [3.05, 3.63) is 39.6 Å². The summed E-state index contributed by atoms with van der Waals surface area (Å²) in [4.78, 5) is 15.8. The largest absolute Gasteiger partial charge is 0.493 e. The summed E-state index contributed by atoms with van der Waals surface area (Å²) >= 11 is 7.49. The van der Waals surface area contributed by atoms with Gasteiger partial charge in [-0.05, 0) is 65.5 Å². The third-order valence-electron chi connectivity index (χ3n) is 3.56. The van der Waals surface area contributed by atoms with Crippen molar-refractivity contribution < 1.29 is 14.3 Å². The minimum absolute atomic E-state index is 0.0917. The number of halogens is 1. The number of benzene rings is 1. The predicted octanol–water partition coefficient (Wildman–Crippen LogP) is 3.28. The summed E-state index contributed by atoms with van der Waals surface area (Å²) in [6, 6.07) is 3.78. The molecule has 1 amide bonds. The molecule has 128 valence electrons. The standard InChI is InChI=1S/C17H19IN2O3S/c1-5-7-23-15-12(18)8-11(10-14(15)22-4)9-13-16(21)20(6-2)17(24)19(13)3/h5,8-10H,1,6-7H2,2-4H3/b13-9-. The number of carbonyl (C=O) groups excluding carboxylic acids is 1. The van der Waals surface area contributed by atoms with Crippen molar-refractivity contribution in [3.63, 3.8) is 0 Å². The van der Waals surface area contributed by atoms with Gasteiger partial charge in [-0.1, -0.05) is 12.7 Å². The van der Waals surface area contributed by atoms with Gasteiger partial charge in [0.2, 0.25) is 0 Å². The highest BCUT2D eigenvalue weighted by molar-refractivity contribution is 14.1. The van der Waals surface area contributed by atoms with Crippen LogP contribution < -0.4 is 9.47 Å². The molecule has 1 fully saturated rings. The smallest absolute Gasteiger partial charge is 0.276 e. The van der Waals surface area contributed by atoms with Crippen LogP contribution in [0, 0.1) is 3.57 Å². The quantitative estimate of drug-likeness (QED) is 0.283. The average Bonchev–Trinajstić information content (AvgIpc) is 2.76. The van der Waals surface area contributed by atoms with Crippen molar-refractivity contribution in [2.45, 2.75) is 6.92 Å². The number of rotatable bonds is 6. The summed E-state index contributed by atoms with van der Waals surface area (Å²) in [6.07, 6.45) is 3.49. The lowest BCUT2D eigenvalue weighted by molar-refractivity contribution is -0.122. The molecule has 1 aliphatic heterocycles. The van der Waals surface area contributed by atoms with Crippen molar-refractivity contribution in [3.8, 4) is 11.5 Å². The van der Waals surface area contributed by atoms with Gasteiger partial charge in [0.25, 0.3) is 5.91 Å². The number of thiocarbonyl (C=S) groups is 1. The minimum Gasteiger partial charge on any atom is -0.493 e. The molecule has 2 rings (SSSR count). The molecule has 0 saturated carbocycles. The molecule has 0 aromatic heterocycles. The monoisotopic (exact) mass is 458 g/mol. The predicted molar refractivity (Wildman–Crippen MR) is 107 cm³/mol. The van der Waals surface area contributed by atoms with Gasteiger partial charge in [0.15, 0.2) is 16.6 Å². The third-order valence-corrected chi connectivity index (χ3v) is 4.86. The van der Waals surface area contributed by atoms with E-state index in [1.54, 1.807) is 30.0 Å². The van der Waals surface area contributed by atoms with Gasteiger partial charge in [0.1, 0.15) is 12.3 Å². The van der Waals surface area contributed by atoms with Gasteiger partial charge < -0.3 is 14.4 Å². The number of carbonyl (C=O) groups is 1. The first-order valence-corrected chi connectivity index (χ1v) is 8.85. The second kappa shape index (κ2) is 7.98. The molecule has 0 N–H and O–H groups in total. The molecule has 0 radical (unpaired) electrons. The number of likely N-dealkylation sites (N-methyl/N-ethyl adjacent to an activating group) is 2. The van der Waals surface area contributed by atoms with Gasteiger partial charge in [0.05, 0.1) is 10.7 Å². The lowest BCUT2D eigenvalue weighted by atomic mass is 10.1. The molecule has 1 aromatic rings. The summed E-state index contributed by atoms with van der Waals surface area (Å²) < 4.78 is 12.0. The second-order valence-corrected chi connectivity index (χ2v) is 6.58. The van der Waals surface area contributed by atoms with Gasteiger partial charge in [-0.2, -0.15) is 0 Å². The zero-order valence-electron chi connectivity index (χ0n) is 13.8. The zero-order valence-corrected chi connectivity index (χ0v) is 16.8. The van der Waals surface area contributed by atoms with Crippen molar-refractivity contribution in [2.75, 3.05) is 27.3 Å². The van der Waals surface area contributed by atoms with E-state index in [-0.39, 0.29) is 5.91 Å².